The van der Waals surface area contributed by atoms with Crippen molar-refractivity contribution in [2.45, 2.75) is 36.6 Å². The van der Waals surface area contributed by atoms with Gasteiger partial charge in [0.25, 0.3) is 0 Å². The molecule has 7 heteroatoms. The van der Waals surface area contributed by atoms with E-state index in [9.17, 15) is 13.2 Å². The van der Waals surface area contributed by atoms with Gasteiger partial charge in [-0.3, -0.25) is 4.79 Å². The monoisotopic (exact) mass is 386 g/mol. The van der Waals surface area contributed by atoms with E-state index in [0.29, 0.717) is 36.9 Å². The number of halogens is 1. The number of benzene rings is 1. The third-order valence-corrected chi connectivity index (χ3v) is 6.64. The van der Waals surface area contributed by atoms with Crippen LogP contribution in [0.5, 0.6) is 0 Å². The molecular formula is C15H19BrN2O3S. The lowest BCUT2D eigenvalue weighted by molar-refractivity contribution is -0.126. The summed E-state index contributed by atoms with van der Waals surface area (Å²) < 4.78 is 27.5. The molecule has 1 aromatic rings. The minimum atomic E-state index is -3.46. The number of sulfonamides is 1. The fourth-order valence-electron chi connectivity index (χ4n) is 2.66. The van der Waals surface area contributed by atoms with Crippen molar-refractivity contribution in [3.63, 3.8) is 0 Å². The zero-order valence-corrected chi connectivity index (χ0v) is 14.6. The van der Waals surface area contributed by atoms with Crippen molar-refractivity contribution >= 4 is 31.9 Å². The van der Waals surface area contributed by atoms with E-state index in [0.717, 1.165) is 17.3 Å². The molecule has 0 spiro atoms. The van der Waals surface area contributed by atoms with E-state index < -0.39 is 10.0 Å². The van der Waals surface area contributed by atoms with Crippen molar-refractivity contribution in [2.24, 2.45) is 5.92 Å². The summed E-state index contributed by atoms with van der Waals surface area (Å²) in [5.74, 6) is 0.0279. The number of carbonyl (C=O) groups is 1. The number of hydrogen-bond donors (Lipinski definition) is 1. The largest absolute Gasteiger partial charge is 0.353 e. The van der Waals surface area contributed by atoms with Crippen LogP contribution < -0.4 is 5.32 Å². The Morgan fingerprint density at radius 2 is 1.68 bits per heavy atom. The van der Waals surface area contributed by atoms with Crippen molar-refractivity contribution in [3.05, 3.63) is 28.7 Å². The lowest BCUT2D eigenvalue weighted by Crippen LogP contribution is -2.43. The number of carbonyl (C=O) groups excluding carboxylic acids is 1. The molecule has 2 aliphatic rings. The Labute approximate surface area is 139 Å². The van der Waals surface area contributed by atoms with Gasteiger partial charge in [0.2, 0.25) is 15.9 Å². The van der Waals surface area contributed by atoms with Gasteiger partial charge in [-0.25, -0.2) is 8.42 Å². The molecule has 3 rings (SSSR count). The smallest absolute Gasteiger partial charge is 0.243 e. The average Bonchev–Trinajstić information content (AvgIpc) is 3.32. The van der Waals surface area contributed by atoms with Gasteiger partial charge in [0.05, 0.1) is 4.90 Å². The summed E-state index contributed by atoms with van der Waals surface area (Å²) in [7, 11) is -3.46. The number of nitrogens with zero attached hydrogens (tertiary/aromatic N) is 1. The van der Waals surface area contributed by atoms with Crippen LogP contribution >= 0.6 is 15.9 Å². The summed E-state index contributed by atoms with van der Waals surface area (Å²) in [5.41, 5.74) is 0. The number of hydrogen-bond acceptors (Lipinski definition) is 3. The molecule has 0 radical (unpaired) electrons. The predicted molar refractivity (Wildman–Crippen MR) is 86.8 cm³/mol. The van der Waals surface area contributed by atoms with Crippen molar-refractivity contribution in [1.82, 2.24) is 9.62 Å². The number of amides is 1. The van der Waals surface area contributed by atoms with E-state index in [4.69, 9.17) is 0 Å². The third-order valence-electron chi connectivity index (χ3n) is 4.20. The van der Waals surface area contributed by atoms with Gasteiger partial charge in [-0.15, -0.1) is 0 Å². The van der Waals surface area contributed by atoms with Gasteiger partial charge in [-0.1, -0.05) is 15.9 Å². The van der Waals surface area contributed by atoms with Crippen molar-refractivity contribution in [3.8, 4) is 0 Å². The molecule has 0 atom stereocenters. The van der Waals surface area contributed by atoms with Crippen LogP contribution in [0.3, 0.4) is 0 Å². The number of piperidine rings is 1. The molecule has 1 heterocycles. The molecule has 1 saturated carbocycles. The molecule has 2 fully saturated rings. The molecule has 1 N–H and O–H groups in total. The van der Waals surface area contributed by atoms with E-state index >= 15 is 0 Å². The van der Waals surface area contributed by atoms with Gasteiger partial charge in [-0.05, 0) is 49.9 Å². The van der Waals surface area contributed by atoms with Gasteiger partial charge < -0.3 is 5.32 Å². The van der Waals surface area contributed by atoms with Crippen molar-refractivity contribution in [1.29, 1.82) is 0 Å². The Balaban J connectivity index is 1.62. The highest BCUT2D eigenvalue weighted by molar-refractivity contribution is 9.10. The lowest BCUT2D eigenvalue weighted by atomic mass is 9.97. The molecule has 22 heavy (non-hydrogen) atoms. The first-order chi connectivity index (χ1) is 10.5. The number of nitrogens with one attached hydrogen (secondary N) is 1. The Kier molecular flexibility index (Phi) is 4.56. The normalized spacial score (nSPS) is 20.8. The Morgan fingerprint density at radius 3 is 2.23 bits per heavy atom. The highest BCUT2D eigenvalue weighted by Crippen LogP contribution is 2.26. The second-order valence-electron chi connectivity index (χ2n) is 5.92. The Hall–Kier alpha value is -0.920. The van der Waals surface area contributed by atoms with Gasteiger partial charge in [0.1, 0.15) is 0 Å². The highest BCUT2D eigenvalue weighted by atomic mass is 79.9. The zero-order valence-electron chi connectivity index (χ0n) is 12.2. The molecule has 1 aromatic carbocycles. The zero-order chi connectivity index (χ0) is 15.7. The minimum absolute atomic E-state index is 0.0584. The van der Waals surface area contributed by atoms with Gasteiger partial charge >= 0.3 is 0 Å². The summed E-state index contributed by atoms with van der Waals surface area (Å²) in [6, 6.07) is 7.01. The SMILES string of the molecule is O=C(NC1CC1)C1CCN(S(=O)(=O)c2ccc(Br)cc2)CC1. The van der Waals surface area contributed by atoms with Crippen LogP contribution in [-0.2, 0) is 14.8 Å². The predicted octanol–water partition coefficient (Wildman–Crippen LogP) is 2.13. The van der Waals surface area contributed by atoms with Crippen LogP contribution in [0.2, 0.25) is 0 Å². The van der Waals surface area contributed by atoms with Crippen LogP contribution in [0.4, 0.5) is 0 Å². The van der Waals surface area contributed by atoms with E-state index in [1.165, 1.54) is 4.31 Å². The second kappa shape index (κ2) is 6.29. The molecule has 0 bridgehead atoms. The standard InChI is InChI=1S/C15H19BrN2O3S/c16-12-1-5-14(6-2-12)22(20,21)18-9-7-11(8-10-18)15(19)17-13-3-4-13/h1-2,5-6,11,13H,3-4,7-10H2,(H,17,19). The minimum Gasteiger partial charge on any atom is -0.353 e. The average molecular weight is 387 g/mol. The molecule has 1 saturated heterocycles. The van der Waals surface area contributed by atoms with Crippen LogP contribution in [0.1, 0.15) is 25.7 Å². The maximum absolute atomic E-state index is 12.6. The Bertz CT molecular complexity index is 648. The molecule has 1 aliphatic heterocycles. The molecular weight excluding hydrogens is 368 g/mol. The second-order valence-corrected chi connectivity index (χ2v) is 8.77. The molecule has 1 amide bonds. The first kappa shape index (κ1) is 16.0. The Morgan fingerprint density at radius 1 is 1.09 bits per heavy atom. The maximum atomic E-state index is 12.6. The van der Waals surface area contributed by atoms with Crippen molar-refractivity contribution in [2.75, 3.05) is 13.1 Å². The van der Waals surface area contributed by atoms with Crippen LogP contribution in [0, 0.1) is 5.92 Å². The van der Waals surface area contributed by atoms with E-state index in [2.05, 4.69) is 21.2 Å². The summed E-state index contributed by atoms with van der Waals surface area (Å²) in [4.78, 5) is 12.3. The van der Waals surface area contributed by atoms with E-state index in [-0.39, 0.29) is 11.8 Å². The van der Waals surface area contributed by atoms with Crippen LogP contribution in [0.15, 0.2) is 33.6 Å². The fraction of sp³-hybridized carbons (Fsp3) is 0.533. The summed E-state index contributed by atoms with van der Waals surface area (Å²) in [5, 5.41) is 3.00. The van der Waals surface area contributed by atoms with Crippen molar-refractivity contribution < 1.29 is 13.2 Å². The molecule has 5 nitrogen and oxygen atoms in total. The van der Waals surface area contributed by atoms with Gasteiger partial charge in [0.15, 0.2) is 0 Å². The van der Waals surface area contributed by atoms with Gasteiger partial charge in [0, 0.05) is 29.5 Å². The quantitative estimate of drug-likeness (QED) is 0.861. The third kappa shape index (κ3) is 3.52. The number of rotatable bonds is 4. The van der Waals surface area contributed by atoms with E-state index in [1.807, 2.05) is 0 Å². The van der Waals surface area contributed by atoms with Crippen LogP contribution in [-0.4, -0.2) is 37.8 Å². The van der Waals surface area contributed by atoms with Crippen LogP contribution in [0.25, 0.3) is 0 Å². The summed E-state index contributed by atoms with van der Waals surface area (Å²) in [6.07, 6.45) is 3.33. The molecule has 0 aromatic heterocycles. The summed E-state index contributed by atoms with van der Waals surface area (Å²) in [6.45, 7) is 0.808. The van der Waals surface area contributed by atoms with Gasteiger partial charge in [-0.2, -0.15) is 4.31 Å². The summed E-state index contributed by atoms with van der Waals surface area (Å²) >= 11 is 3.30. The lowest BCUT2D eigenvalue weighted by Gasteiger charge is -2.30. The molecule has 0 unspecified atom stereocenters. The fourth-order valence-corrected chi connectivity index (χ4v) is 4.39. The molecule has 120 valence electrons. The first-order valence-electron chi connectivity index (χ1n) is 7.53. The first-order valence-corrected chi connectivity index (χ1v) is 9.76. The highest BCUT2D eigenvalue weighted by Gasteiger charge is 2.33. The maximum Gasteiger partial charge on any atom is 0.243 e. The molecule has 1 aliphatic carbocycles. The topological polar surface area (TPSA) is 66.5 Å². The van der Waals surface area contributed by atoms with E-state index in [1.54, 1.807) is 24.3 Å².